The molecule has 2 aromatic rings. The van der Waals surface area contributed by atoms with Crippen LogP contribution in [0.15, 0.2) is 33.7 Å². The average Bonchev–Trinajstić information content (AvgIpc) is 2.88. The lowest BCUT2D eigenvalue weighted by Crippen LogP contribution is -2.48. The Hall–Kier alpha value is -1.77. The molecule has 23 heavy (non-hydrogen) atoms. The first kappa shape index (κ1) is 16.1. The number of rotatable bonds is 3. The van der Waals surface area contributed by atoms with Gasteiger partial charge in [-0.15, -0.1) is 0 Å². The summed E-state index contributed by atoms with van der Waals surface area (Å²) in [6.45, 7) is 3.46. The molecule has 0 atom stereocenters. The summed E-state index contributed by atoms with van der Waals surface area (Å²) in [5, 5.41) is 4.20. The first-order valence-corrected chi connectivity index (χ1v) is 8.94. The van der Waals surface area contributed by atoms with Crippen LogP contribution in [0.2, 0.25) is 5.02 Å². The van der Waals surface area contributed by atoms with Crippen molar-refractivity contribution in [3.63, 3.8) is 0 Å². The largest absolute Gasteiger partial charge is 0.380 e. The van der Waals surface area contributed by atoms with Crippen LogP contribution in [0.1, 0.15) is 5.76 Å². The van der Waals surface area contributed by atoms with Crippen LogP contribution in [0, 0.1) is 6.92 Å². The molecule has 0 unspecified atom stereocenters. The van der Waals surface area contributed by atoms with Crippen LogP contribution in [0.25, 0.3) is 0 Å². The molecule has 0 spiro atoms. The van der Waals surface area contributed by atoms with Crippen LogP contribution >= 0.6 is 11.6 Å². The summed E-state index contributed by atoms with van der Waals surface area (Å²) in [4.78, 5) is 2.09. The molecular weight excluding hydrogens is 340 g/mol. The van der Waals surface area contributed by atoms with Crippen molar-refractivity contribution < 1.29 is 12.9 Å². The van der Waals surface area contributed by atoms with Crippen molar-refractivity contribution in [1.29, 1.82) is 0 Å². The molecule has 1 fully saturated rings. The van der Waals surface area contributed by atoms with E-state index in [1.54, 1.807) is 6.92 Å². The average molecular weight is 357 g/mol. The lowest BCUT2D eigenvalue weighted by atomic mass is 10.2. The molecule has 1 saturated heterocycles. The van der Waals surface area contributed by atoms with Crippen molar-refractivity contribution in [2.24, 2.45) is 0 Å². The van der Waals surface area contributed by atoms with E-state index in [4.69, 9.17) is 21.9 Å². The van der Waals surface area contributed by atoms with Crippen LogP contribution < -0.4 is 10.6 Å². The molecule has 0 aliphatic carbocycles. The number of aryl methyl sites for hydroxylation is 1. The van der Waals surface area contributed by atoms with E-state index < -0.39 is 10.0 Å². The van der Waals surface area contributed by atoms with Crippen molar-refractivity contribution in [1.82, 2.24) is 9.46 Å². The van der Waals surface area contributed by atoms with Gasteiger partial charge in [-0.25, -0.2) is 8.42 Å². The molecule has 7 nitrogen and oxygen atoms in total. The Balaban J connectivity index is 1.75. The van der Waals surface area contributed by atoms with E-state index in [9.17, 15) is 8.42 Å². The predicted molar refractivity (Wildman–Crippen MR) is 88.1 cm³/mol. The summed E-state index contributed by atoms with van der Waals surface area (Å²) in [5.74, 6) is 0.116. The van der Waals surface area contributed by atoms with Gasteiger partial charge in [0.15, 0.2) is 16.5 Å². The van der Waals surface area contributed by atoms with E-state index in [-0.39, 0.29) is 16.5 Å². The van der Waals surface area contributed by atoms with Crippen molar-refractivity contribution >= 4 is 33.1 Å². The Morgan fingerprint density at radius 2 is 1.78 bits per heavy atom. The van der Waals surface area contributed by atoms with Gasteiger partial charge in [0.25, 0.3) is 0 Å². The maximum Gasteiger partial charge on any atom is 0.250 e. The summed E-state index contributed by atoms with van der Waals surface area (Å²) < 4.78 is 31.7. The Kier molecular flexibility index (Phi) is 4.22. The second-order valence-corrected chi connectivity index (χ2v) is 7.63. The zero-order chi connectivity index (χ0) is 16.6. The lowest BCUT2D eigenvalue weighted by molar-refractivity contribution is 0.379. The maximum absolute atomic E-state index is 12.7. The smallest absolute Gasteiger partial charge is 0.250 e. The quantitative estimate of drug-likeness (QED) is 0.900. The molecule has 1 aliphatic heterocycles. The number of benzene rings is 1. The fourth-order valence-corrected chi connectivity index (χ4v) is 4.39. The lowest BCUT2D eigenvalue weighted by Gasteiger charge is -2.35. The molecule has 0 saturated carbocycles. The third-order valence-corrected chi connectivity index (χ3v) is 6.17. The number of piperazine rings is 1. The van der Waals surface area contributed by atoms with Gasteiger partial charge in [-0.05, 0) is 31.2 Å². The molecule has 2 N–H and O–H groups in total. The highest BCUT2D eigenvalue weighted by Crippen LogP contribution is 2.27. The zero-order valence-electron chi connectivity index (χ0n) is 12.6. The minimum Gasteiger partial charge on any atom is -0.380 e. The molecule has 0 amide bonds. The maximum atomic E-state index is 12.7. The molecule has 0 bridgehead atoms. The first-order chi connectivity index (χ1) is 10.9. The van der Waals surface area contributed by atoms with Crippen molar-refractivity contribution in [3.05, 3.63) is 35.0 Å². The molecular formula is C14H17ClN4O3S. The number of nitrogens with two attached hydrogens (primary N) is 1. The third-order valence-electron chi connectivity index (χ3n) is 3.86. The molecule has 1 aromatic heterocycles. The fourth-order valence-electron chi connectivity index (χ4n) is 2.66. The van der Waals surface area contributed by atoms with Gasteiger partial charge in [-0.1, -0.05) is 16.8 Å². The SMILES string of the molecule is Cc1onc(N)c1S(=O)(=O)N1CCN(c2ccc(Cl)cc2)CC1. The molecule has 0 radical (unpaired) electrons. The monoisotopic (exact) mass is 356 g/mol. The normalized spacial score (nSPS) is 16.7. The van der Waals surface area contributed by atoms with Crippen molar-refractivity contribution in [2.75, 3.05) is 36.8 Å². The number of halogens is 1. The Bertz CT molecular complexity index is 776. The van der Waals surface area contributed by atoms with Gasteiger partial charge in [0.1, 0.15) is 0 Å². The van der Waals surface area contributed by atoms with Gasteiger partial charge in [-0.2, -0.15) is 4.31 Å². The summed E-state index contributed by atoms with van der Waals surface area (Å²) in [5.41, 5.74) is 6.65. The van der Waals surface area contributed by atoms with Gasteiger partial charge in [0.05, 0.1) is 0 Å². The fraction of sp³-hybridized carbons (Fsp3) is 0.357. The van der Waals surface area contributed by atoms with E-state index in [1.165, 1.54) is 4.31 Å². The van der Waals surface area contributed by atoms with Crippen molar-refractivity contribution in [3.8, 4) is 0 Å². The van der Waals surface area contributed by atoms with Gasteiger partial charge in [-0.3, -0.25) is 0 Å². The zero-order valence-corrected chi connectivity index (χ0v) is 14.1. The molecule has 1 aromatic carbocycles. The standard InChI is InChI=1S/C14H17ClN4O3S/c1-10-13(14(16)17-22-10)23(20,21)19-8-6-18(7-9-19)12-4-2-11(15)3-5-12/h2-5H,6-9H2,1H3,(H2,16,17). The summed E-state index contributed by atoms with van der Waals surface area (Å²) in [6, 6.07) is 7.49. The topological polar surface area (TPSA) is 92.7 Å². The van der Waals surface area contributed by atoms with E-state index in [2.05, 4.69) is 10.1 Å². The minimum atomic E-state index is -3.69. The summed E-state index contributed by atoms with van der Waals surface area (Å²) in [7, 11) is -3.69. The highest BCUT2D eigenvalue weighted by molar-refractivity contribution is 7.89. The van der Waals surface area contributed by atoms with Crippen molar-refractivity contribution in [2.45, 2.75) is 11.8 Å². The van der Waals surface area contributed by atoms with Crippen LogP contribution in [0.3, 0.4) is 0 Å². The molecule has 3 rings (SSSR count). The molecule has 124 valence electrons. The number of sulfonamides is 1. The van der Waals surface area contributed by atoms with Gasteiger partial charge in [0.2, 0.25) is 10.0 Å². The summed E-state index contributed by atoms with van der Waals surface area (Å²) in [6.07, 6.45) is 0. The van der Waals surface area contributed by atoms with E-state index in [1.807, 2.05) is 24.3 Å². The van der Waals surface area contributed by atoms with E-state index in [0.717, 1.165) is 5.69 Å². The highest BCUT2D eigenvalue weighted by atomic mass is 35.5. The molecule has 9 heteroatoms. The first-order valence-electron chi connectivity index (χ1n) is 7.12. The second kappa shape index (κ2) is 6.03. The molecule has 1 aliphatic rings. The highest BCUT2D eigenvalue weighted by Gasteiger charge is 2.33. The molecule has 2 heterocycles. The van der Waals surface area contributed by atoms with E-state index >= 15 is 0 Å². The summed E-state index contributed by atoms with van der Waals surface area (Å²) >= 11 is 5.89. The Labute approximate surface area is 139 Å². The van der Waals surface area contributed by atoms with Gasteiger partial charge >= 0.3 is 0 Å². The number of hydrogen-bond donors (Lipinski definition) is 1. The minimum absolute atomic E-state index is 0.0301. The number of hydrogen-bond acceptors (Lipinski definition) is 6. The third kappa shape index (κ3) is 3.01. The van der Waals surface area contributed by atoms with Gasteiger partial charge < -0.3 is 15.2 Å². The Morgan fingerprint density at radius 3 is 2.30 bits per heavy atom. The second-order valence-electron chi connectivity index (χ2n) is 5.32. The number of anilines is 2. The van der Waals surface area contributed by atoms with Crippen LogP contribution in [0.5, 0.6) is 0 Å². The Morgan fingerprint density at radius 1 is 1.17 bits per heavy atom. The van der Waals surface area contributed by atoms with E-state index in [0.29, 0.717) is 31.2 Å². The predicted octanol–water partition coefficient (Wildman–Crippen LogP) is 1.73. The number of aromatic nitrogens is 1. The van der Waals surface area contributed by atoms with Gasteiger partial charge in [0, 0.05) is 36.9 Å². The van der Waals surface area contributed by atoms with Crippen LogP contribution in [-0.2, 0) is 10.0 Å². The number of nitrogen functional groups attached to an aromatic ring is 1. The van der Waals surface area contributed by atoms with Crippen LogP contribution in [-0.4, -0.2) is 44.1 Å². The number of nitrogens with zero attached hydrogens (tertiary/aromatic N) is 3. The van der Waals surface area contributed by atoms with Crippen LogP contribution in [0.4, 0.5) is 11.5 Å².